The summed E-state index contributed by atoms with van der Waals surface area (Å²) in [5.74, 6) is -1.16. The minimum Gasteiger partial charge on any atom is -0.493 e. The van der Waals surface area contributed by atoms with E-state index in [0.717, 1.165) is 22.3 Å². The number of azo groups is 1. The van der Waals surface area contributed by atoms with Gasteiger partial charge >= 0.3 is 5.97 Å². The van der Waals surface area contributed by atoms with E-state index in [0.29, 0.717) is 10.9 Å². The molecule has 4 aromatic carbocycles. The highest BCUT2D eigenvalue weighted by atomic mass is 16.4. The summed E-state index contributed by atoms with van der Waals surface area (Å²) in [6.45, 7) is 1.99. The number of fused-ring (bicyclic) bond motifs is 1. The molecule has 1 aromatic heterocycles. The molecule has 0 bridgehead atoms. The molecule has 0 amide bonds. The maximum Gasteiger partial charge on any atom is 0.337 e. The lowest BCUT2D eigenvalue weighted by molar-refractivity contribution is 0.0698. The van der Waals surface area contributed by atoms with Crippen LogP contribution >= 0.6 is 0 Å². The molecule has 5 rings (SSSR count). The molecular weight excluding hydrogens is 426 g/mol. The highest BCUT2D eigenvalue weighted by Crippen LogP contribution is 2.42. The fourth-order valence-electron chi connectivity index (χ4n) is 4.11. The highest BCUT2D eigenvalue weighted by molar-refractivity contribution is 5.99. The second-order valence-corrected chi connectivity index (χ2v) is 7.94. The fraction of sp³-hybridized carbons (Fsp3) is 0.0357. The molecule has 6 nitrogen and oxygen atoms in total. The van der Waals surface area contributed by atoms with Gasteiger partial charge < -0.3 is 10.2 Å². The Morgan fingerprint density at radius 2 is 1.50 bits per heavy atom. The van der Waals surface area contributed by atoms with Gasteiger partial charge in [-0.05, 0) is 42.3 Å². The summed E-state index contributed by atoms with van der Waals surface area (Å²) in [5, 5.41) is 30.5. The molecule has 2 N–H and O–H groups in total. The molecule has 0 aliphatic heterocycles. The summed E-state index contributed by atoms with van der Waals surface area (Å²) in [7, 11) is 0. The molecule has 0 atom stereocenters. The topological polar surface area (TPSA) is 87.2 Å². The van der Waals surface area contributed by atoms with Gasteiger partial charge in [0.15, 0.2) is 5.69 Å². The lowest BCUT2D eigenvalue weighted by Crippen LogP contribution is -1.97. The van der Waals surface area contributed by atoms with Gasteiger partial charge in [-0.1, -0.05) is 72.8 Å². The van der Waals surface area contributed by atoms with Crippen molar-refractivity contribution in [2.75, 3.05) is 0 Å². The number of nitrogens with zero attached hydrogens (tertiary/aromatic N) is 3. The monoisotopic (exact) mass is 447 g/mol. The van der Waals surface area contributed by atoms with Crippen LogP contribution in [0.25, 0.3) is 27.7 Å². The molecule has 6 heteroatoms. The molecule has 0 fully saturated rings. The average Bonchev–Trinajstić information content (AvgIpc) is 3.14. The highest BCUT2D eigenvalue weighted by Gasteiger charge is 2.19. The third kappa shape index (κ3) is 3.71. The number of aryl methyl sites for hydroxylation is 1. The van der Waals surface area contributed by atoms with E-state index in [4.69, 9.17) is 0 Å². The zero-order chi connectivity index (χ0) is 23.7. The van der Waals surface area contributed by atoms with Crippen LogP contribution in [0.1, 0.15) is 15.9 Å². The van der Waals surface area contributed by atoms with Gasteiger partial charge in [0.05, 0.1) is 11.1 Å². The first-order valence-electron chi connectivity index (χ1n) is 10.8. The van der Waals surface area contributed by atoms with Crippen molar-refractivity contribution < 1.29 is 15.0 Å². The predicted molar refractivity (Wildman–Crippen MR) is 133 cm³/mol. The molecule has 0 aliphatic carbocycles. The SMILES string of the molecule is Cc1cccc(-n2c(O)c(N=Nc3c(C(=O)O)cccc3-c3ccccc3)c3ccccc32)c1. The quantitative estimate of drug-likeness (QED) is 0.275. The zero-order valence-electron chi connectivity index (χ0n) is 18.4. The molecule has 0 saturated carbocycles. The first-order valence-corrected chi connectivity index (χ1v) is 10.8. The fourth-order valence-corrected chi connectivity index (χ4v) is 4.11. The maximum absolute atomic E-state index is 12.0. The van der Waals surface area contributed by atoms with Gasteiger partial charge in [-0.25, -0.2) is 4.79 Å². The van der Waals surface area contributed by atoms with Crippen LogP contribution in [-0.4, -0.2) is 20.7 Å². The second kappa shape index (κ2) is 8.67. The summed E-state index contributed by atoms with van der Waals surface area (Å²) in [4.78, 5) is 12.0. The van der Waals surface area contributed by atoms with Crippen LogP contribution in [0.3, 0.4) is 0 Å². The van der Waals surface area contributed by atoms with Crippen molar-refractivity contribution in [3.05, 3.63) is 108 Å². The number of carbonyl (C=O) groups is 1. The van der Waals surface area contributed by atoms with E-state index in [2.05, 4.69) is 10.2 Å². The molecule has 0 aliphatic rings. The number of carboxylic acids is 1. The maximum atomic E-state index is 12.0. The van der Waals surface area contributed by atoms with Crippen molar-refractivity contribution in [2.45, 2.75) is 6.92 Å². The van der Waals surface area contributed by atoms with Crippen LogP contribution in [0.5, 0.6) is 5.88 Å². The molecule has 0 saturated heterocycles. The Hall–Kier alpha value is -4.71. The van der Waals surface area contributed by atoms with Gasteiger partial charge in [-0.15, -0.1) is 10.2 Å². The first kappa shape index (κ1) is 21.2. The largest absolute Gasteiger partial charge is 0.493 e. The van der Waals surface area contributed by atoms with Crippen LogP contribution in [0, 0.1) is 6.92 Å². The molecule has 5 aromatic rings. The Kier molecular flexibility index (Phi) is 5.40. The minimum atomic E-state index is -1.10. The van der Waals surface area contributed by atoms with Gasteiger partial charge in [0.2, 0.25) is 5.88 Å². The predicted octanol–water partition coefficient (Wildman–Crippen LogP) is 7.43. The van der Waals surface area contributed by atoms with Crippen LogP contribution in [0.15, 0.2) is 107 Å². The zero-order valence-corrected chi connectivity index (χ0v) is 18.4. The Balaban J connectivity index is 1.71. The third-order valence-corrected chi connectivity index (χ3v) is 5.68. The van der Waals surface area contributed by atoms with Crippen LogP contribution < -0.4 is 0 Å². The van der Waals surface area contributed by atoms with E-state index in [1.54, 1.807) is 10.6 Å². The number of benzene rings is 4. The smallest absolute Gasteiger partial charge is 0.337 e. The van der Waals surface area contributed by atoms with E-state index in [1.165, 1.54) is 6.07 Å². The Morgan fingerprint density at radius 3 is 2.26 bits per heavy atom. The molecule has 34 heavy (non-hydrogen) atoms. The third-order valence-electron chi connectivity index (χ3n) is 5.68. The number of carboxylic acid groups (broad SMARTS) is 1. The molecule has 166 valence electrons. The number of aromatic carboxylic acids is 1. The van der Waals surface area contributed by atoms with Gasteiger partial charge in [-0.2, -0.15) is 0 Å². The van der Waals surface area contributed by atoms with Crippen molar-refractivity contribution in [2.24, 2.45) is 10.2 Å². The van der Waals surface area contributed by atoms with E-state index < -0.39 is 5.97 Å². The van der Waals surface area contributed by atoms with E-state index in [9.17, 15) is 15.0 Å². The number of aromatic nitrogens is 1. The van der Waals surface area contributed by atoms with Gasteiger partial charge in [0.25, 0.3) is 0 Å². The molecule has 0 unspecified atom stereocenters. The van der Waals surface area contributed by atoms with Crippen LogP contribution in [0.2, 0.25) is 0 Å². The molecule has 0 radical (unpaired) electrons. The Bertz CT molecular complexity index is 1550. The van der Waals surface area contributed by atoms with Crippen molar-refractivity contribution in [3.63, 3.8) is 0 Å². The summed E-state index contributed by atoms with van der Waals surface area (Å²) in [6.07, 6.45) is 0. The van der Waals surface area contributed by atoms with E-state index >= 15 is 0 Å². The van der Waals surface area contributed by atoms with Crippen molar-refractivity contribution in [1.29, 1.82) is 0 Å². The second-order valence-electron chi connectivity index (χ2n) is 7.94. The number of hydrogen-bond donors (Lipinski definition) is 2. The standard InChI is InChI=1S/C28H21N3O3/c1-18-9-7-12-20(17-18)31-24-16-6-5-13-22(24)26(27(31)32)30-29-25-21(19-10-3-2-4-11-19)14-8-15-23(25)28(33)34/h2-17,32H,1H3,(H,33,34). The number of hydrogen-bond acceptors (Lipinski definition) is 4. The lowest BCUT2D eigenvalue weighted by Gasteiger charge is -2.08. The van der Waals surface area contributed by atoms with Crippen molar-refractivity contribution >= 4 is 28.2 Å². The Morgan fingerprint density at radius 1 is 0.794 bits per heavy atom. The summed E-state index contributed by atoms with van der Waals surface area (Å²) in [6, 6.07) is 29.7. The summed E-state index contributed by atoms with van der Waals surface area (Å²) < 4.78 is 1.72. The van der Waals surface area contributed by atoms with Crippen LogP contribution in [-0.2, 0) is 0 Å². The van der Waals surface area contributed by atoms with E-state index in [1.807, 2.05) is 91.9 Å². The Labute approximate surface area is 196 Å². The number of rotatable bonds is 5. The van der Waals surface area contributed by atoms with Gasteiger partial charge in [-0.3, -0.25) is 4.57 Å². The molecular formula is C28H21N3O3. The minimum absolute atomic E-state index is 0.0343. The average molecular weight is 447 g/mol. The normalized spacial score (nSPS) is 11.3. The van der Waals surface area contributed by atoms with Gasteiger partial charge in [0.1, 0.15) is 5.69 Å². The molecule has 0 spiro atoms. The summed E-state index contributed by atoms with van der Waals surface area (Å²) >= 11 is 0. The van der Waals surface area contributed by atoms with Crippen LogP contribution in [0.4, 0.5) is 11.4 Å². The number of aromatic hydroxyl groups is 1. The van der Waals surface area contributed by atoms with Crippen molar-refractivity contribution in [1.82, 2.24) is 4.57 Å². The number of para-hydroxylation sites is 1. The molecule has 1 heterocycles. The van der Waals surface area contributed by atoms with Crippen molar-refractivity contribution in [3.8, 4) is 22.7 Å². The summed E-state index contributed by atoms with van der Waals surface area (Å²) in [5.41, 5.74) is 4.63. The van der Waals surface area contributed by atoms with E-state index in [-0.39, 0.29) is 22.8 Å². The lowest BCUT2D eigenvalue weighted by atomic mass is 10.0. The first-order chi connectivity index (χ1) is 16.5. The van der Waals surface area contributed by atoms with Gasteiger partial charge in [0, 0.05) is 16.6 Å².